The van der Waals surface area contributed by atoms with Gasteiger partial charge >= 0.3 is 0 Å². The smallest absolute Gasteiger partial charge is 0.160 e. The standard InChI is InChI=1S/C16H24O5/c1-13(19)14-10-15(20-8-4-2-6-17)12-16(11-14)21-9-5-3-7-18/h10-12,17-18H,2-9H2,1H3. The van der Waals surface area contributed by atoms with Crippen molar-refractivity contribution in [2.75, 3.05) is 26.4 Å². The molecule has 1 rings (SSSR count). The van der Waals surface area contributed by atoms with Gasteiger partial charge in [0, 0.05) is 24.8 Å². The average Bonchev–Trinajstić information content (AvgIpc) is 2.48. The molecular formula is C16H24O5. The fourth-order valence-electron chi connectivity index (χ4n) is 1.75. The van der Waals surface area contributed by atoms with Crippen molar-refractivity contribution in [1.82, 2.24) is 0 Å². The Morgan fingerprint density at radius 3 is 1.76 bits per heavy atom. The number of carbonyl (C=O) groups excluding carboxylic acids is 1. The van der Waals surface area contributed by atoms with Crippen LogP contribution in [0, 0.1) is 0 Å². The summed E-state index contributed by atoms with van der Waals surface area (Å²) < 4.78 is 11.2. The largest absolute Gasteiger partial charge is 0.493 e. The van der Waals surface area contributed by atoms with Crippen molar-refractivity contribution >= 4 is 5.78 Å². The normalized spacial score (nSPS) is 10.4. The van der Waals surface area contributed by atoms with E-state index in [1.165, 1.54) is 6.92 Å². The minimum atomic E-state index is -0.0454. The SMILES string of the molecule is CC(=O)c1cc(OCCCCO)cc(OCCCCO)c1. The van der Waals surface area contributed by atoms with Crippen LogP contribution in [-0.2, 0) is 0 Å². The van der Waals surface area contributed by atoms with E-state index >= 15 is 0 Å². The number of benzene rings is 1. The molecule has 0 heterocycles. The first kappa shape index (κ1) is 17.5. The molecule has 0 radical (unpaired) electrons. The molecule has 0 aliphatic carbocycles. The van der Waals surface area contributed by atoms with Crippen molar-refractivity contribution in [3.8, 4) is 11.5 Å². The molecule has 0 amide bonds. The highest BCUT2D eigenvalue weighted by Gasteiger charge is 2.07. The highest BCUT2D eigenvalue weighted by Crippen LogP contribution is 2.24. The van der Waals surface area contributed by atoms with Crippen molar-refractivity contribution in [3.63, 3.8) is 0 Å². The third kappa shape index (κ3) is 7.11. The van der Waals surface area contributed by atoms with E-state index in [2.05, 4.69) is 0 Å². The van der Waals surface area contributed by atoms with E-state index in [0.29, 0.717) is 43.1 Å². The van der Waals surface area contributed by atoms with E-state index in [4.69, 9.17) is 19.7 Å². The Bertz CT molecular complexity index is 400. The zero-order valence-corrected chi connectivity index (χ0v) is 12.5. The number of aliphatic hydroxyl groups is 2. The predicted octanol–water partition coefficient (Wildman–Crippen LogP) is 2.19. The average molecular weight is 296 g/mol. The molecular weight excluding hydrogens is 272 g/mol. The number of ketones is 1. The summed E-state index contributed by atoms with van der Waals surface area (Å²) in [5.41, 5.74) is 0.548. The van der Waals surface area contributed by atoms with Crippen LogP contribution in [0.15, 0.2) is 18.2 Å². The molecule has 1 aromatic rings. The Balaban J connectivity index is 2.63. The zero-order valence-electron chi connectivity index (χ0n) is 12.5. The highest BCUT2D eigenvalue weighted by molar-refractivity contribution is 5.94. The van der Waals surface area contributed by atoms with E-state index in [0.717, 1.165) is 12.8 Å². The van der Waals surface area contributed by atoms with E-state index in [-0.39, 0.29) is 19.0 Å². The molecule has 21 heavy (non-hydrogen) atoms. The quantitative estimate of drug-likeness (QED) is 0.483. The fraction of sp³-hybridized carbons (Fsp3) is 0.562. The summed E-state index contributed by atoms with van der Waals surface area (Å²) in [5.74, 6) is 1.15. The molecule has 0 unspecified atom stereocenters. The number of Topliss-reactive ketones (excluding diaryl/α,β-unsaturated/α-hetero) is 1. The predicted molar refractivity (Wildman–Crippen MR) is 80.1 cm³/mol. The number of hydrogen-bond acceptors (Lipinski definition) is 5. The molecule has 0 fully saturated rings. The van der Waals surface area contributed by atoms with E-state index in [1.807, 2.05) is 0 Å². The van der Waals surface area contributed by atoms with Gasteiger partial charge in [0.1, 0.15) is 11.5 Å². The van der Waals surface area contributed by atoms with Gasteiger partial charge < -0.3 is 19.7 Å². The summed E-state index contributed by atoms with van der Waals surface area (Å²) >= 11 is 0. The fourth-order valence-corrected chi connectivity index (χ4v) is 1.75. The van der Waals surface area contributed by atoms with Gasteiger partial charge in [0.15, 0.2) is 5.78 Å². The number of aliphatic hydroxyl groups excluding tert-OH is 2. The summed E-state index contributed by atoms with van der Waals surface area (Å²) in [4.78, 5) is 11.5. The zero-order chi connectivity index (χ0) is 15.5. The van der Waals surface area contributed by atoms with E-state index in [1.54, 1.807) is 18.2 Å². The summed E-state index contributed by atoms with van der Waals surface area (Å²) in [6.45, 7) is 2.78. The van der Waals surface area contributed by atoms with Crippen molar-refractivity contribution < 1.29 is 24.5 Å². The van der Waals surface area contributed by atoms with Gasteiger partial charge in [-0.1, -0.05) is 0 Å². The number of ether oxygens (including phenoxy) is 2. The number of rotatable bonds is 11. The minimum absolute atomic E-state index is 0.0454. The maximum absolute atomic E-state index is 11.5. The summed E-state index contributed by atoms with van der Waals surface area (Å²) in [6.07, 6.45) is 2.90. The van der Waals surface area contributed by atoms with E-state index < -0.39 is 0 Å². The lowest BCUT2D eigenvalue weighted by molar-refractivity contribution is 0.101. The van der Waals surface area contributed by atoms with Crippen LogP contribution in [0.5, 0.6) is 11.5 Å². The molecule has 0 saturated carbocycles. The summed E-state index contributed by atoms with van der Waals surface area (Å²) in [6, 6.07) is 5.15. The monoisotopic (exact) mass is 296 g/mol. The Labute approximate surface area is 125 Å². The molecule has 0 bridgehead atoms. The highest BCUT2D eigenvalue weighted by atomic mass is 16.5. The number of unbranched alkanes of at least 4 members (excludes halogenated alkanes) is 2. The second-order valence-electron chi connectivity index (χ2n) is 4.81. The second kappa shape index (κ2) is 10.2. The van der Waals surface area contributed by atoms with Crippen LogP contribution in [0.1, 0.15) is 43.0 Å². The van der Waals surface area contributed by atoms with Crippen LogP contribution in [0.2, 0.25) is 0 Å². The molecule has 2 N–H and O–H groups in total. The van der Waals surface area contributed by atoms with Crippen LogP contribution in [0.4, 0.5) is 0 Å². The molecule has 1 aromatic carbocycles. The van der Waals surface area contributed by atoms with Crippen molar-refractivity contribution in [1.29, 1.82) is 0 Å². The van der Waals surface area contributed by atoms with E-state index in [9.17, 15) is 4.79 Å². The Kier molecular flexibility index (Phi) is 8.47. The molecule has 0 aliphatic heterocycles. The van der Waals surface area contributed by atoms with Crippen LogP contribution in [0.3, 0.4) is 0 Å². The first-order chi connectivity index (χ1) is 10.2. The maximum atomic E-state index is 11.5. The Morgan fingerprint density at radius 2 is 1.38 bits per heavy atom. The molecule has 5 nitrogen and oxygen atoms in total. The van der Waals surface area contributed by atoms with Gasteiger partial charge in [-0.15, -0.1) is 0 Å². The van der Waals surface area contributed by atoms with Gasteiger partial charge in [0.2, 0.25) is 0 Å². The molecule has 0 spiro atoms. The molecule has 0 saturated heterocycles. The van der Waals surface area contributed by atoms with Gasteiger partial charge in [-0.3, -0.25) is 4.79 Å². The second-order valence-corrected chi connectivity index (χ2v) is 4.81. The number of carbonyl (C=O) groups is 1. The van der Waals surface area contributed by atoms with Crippen LogP contribution in [-0.4, -0.2) is 42.4 Å². The third-order valence-corrected chi connectivity index (χ3v) is 2.93. The summed E-state index contributed by atoms with van der Waals surface area (Å²) in [5, 5.41) is 17.5. The van der Waals surface area contributed by atoms with Gasteiger partial charge in [-0.25, -0.2) is 0 Å². The van der Waals surface area contributed by atoms with Crippen molar-refractivity contribution in [2.45, 2.75) is 32.6 Å². The van der Waals surface area contributed by atoms with Gasteiger partial charge in [-0.2, -0.15) is 0 Å². The topological polar surface area (TPSA) is 76.0 Å². The lowest BCUT2D eigenvalue weighted by atomic mass is 10.1. The molecule has 0 aliphatic rings. The maximum Gasteiger partial charge on any atom is 0.160 e. The van der Waals surface area contributed by atoms with Crippen LogP contribution < -0.4 is 9.47 Å². The summed E-state index contributed by atoms with van der Waals surface area (Å²) in [7, 11) is 0. The van der Waals surface area contributed by atoms with Gasteiger partial charge in [0.05, 0.1) is 13.2 Å². The lowest BCUT2D eigenvalue weighted by Gasteiger charge is -2.11. The first-order valence-electron chi connectivity index (χ1n) is 7.30. The van der Waals surface area contributed by atoms with Crippen molar-refractivity contribution in [3.05, 3.63) is 23.8 Å². The van der Waals surface area contributed by atoms with Crippen LogP contribution in [0.25, 0.3) is 0 Å². The van der Waals surface area contributed by atoms with Crippen LogP contribution >= 0.6 is 0 Å². The first-order valence-corrected chi connectivity index (χ1v) is 7.30. The van der Waals surface area contributed by atoms with Gasteiger partial charge in [-0.05, 0) is 44.7 Å². The molecule has 0 aromatic heterocycles. The molecule has 5 heteroatoms. The molecule has 0 atom stereocenters. The number of hydrogen-bond donors (Lipinski definition) is 2. The Morgan fingerprint density at radius 1 is 0.905 bits per heavy atom. The van der Waals surface area contributed by atoms with Crippen molar-refractivity contribution in [2.24, 2.45) is 0 Å². The third-order valence-electron chi connectivity index (χ3n) is 2.93. The molecule has 118 valence electrons. The van der Waals surface area contributed by atoms with Gasteiger partial charge in [0.25, 0.3) is 0 Å². The Hall–Kier alpha value is -1.59. The minimum Gasteiger partial charge on any atom is -0.493 e. The lowest BCUT2D eigenvalue weighted by Crippen LogP contribution is -2.03.